The normalized spacial score (nSPS) is 15.7. The Balaban J connectivity index is 1.62. The Hall–Kier alpha value is -3.03. The van der Waals surface area contributed by atoms with E-state index in [0.29, 0.717) is 24.2 Å². The van der Waals surface area contributed by atoms with Crippen LogP contribution in [0.25, 0.3) is 0 Å². The number of amides is 2. The van der Waals surface area contributed by atoms with Crippen molar-refractivity contribution in [2.24, 2.45) is 5.92 Å². The Labute approximate surface area is 192 Å². The van der Waals surface area contributed by atoms with Gasteiger partial charge in [-0.05, 0) is 49.1 Å². The second kappa shape index (κ2) is 10.7. The first-order valence-electron chi connectivity index (χ1n) is 11.3. The molecular weight excluding hydrogens is 431 g/mol. The molecule has 178 valence electrons. The van der Waals surface area contributed by atoms with Crippen LogP contribution in [0.15, 0.2) is 48.5 Å². The smallest absolute Gasteiger partial charge is 0.371 e. The van der Waals surface area contributed by atoms with Gasteiger partial charge >= 0.3 is 6.18 Å². The van der Waals surface area contributed by atoms with Gasteiger partial charge in [-0.2, -0.15) is 13.2 Å². The largest absolute Gasteiger partial charge is 0.416 e. The molecule has 2 aromatic carbocycles. The Morgan fingerprint density at radius 1 is 1.09 bits per heavy atom. The molecule has 0 radical (unpaired) electrons. The molecule has 1 saturated heterocycles. The molecule has 0 bridgehead atoms. The van der Waals surface area contributed by atoms with E-state index in [0.717, 1.165) is 37.1 Å². The number of hydrogen-bond acceptors (Lipinski definition) is 3. The van der Waals surface area contributed by atoms with Crippen LogP contribution in [0.2, 0.25) is 0 Å². The van der Waals surface area contributed by atoms with E-state index in [1.807, 2.05) is 26.0 Å². The second-order valence-corrected chi connectivity index (χ2v) is 8.48. The number of para-hydroxylation sites is 1. The van der Waals surface area contributed by atoms with Gasteiger partial charge < -0.3 is 15.5 Å². The lowest BCUT2D eigenvalue weighted by Gasteiger charge is -2.35. The Kier molecular flexibility index (Phi) is 8.00. The monoisotopic (exact) mass is 461 g/mol. The third kappa shape index (κ3) is 6.49. The molecule has 1 unspecified atom stereocenters. The van der Waals surface area contributed by atoms with Crippen molar-refractivity contribution in [2.45, 2.75) is 51.9 Å². The summed E-state index contributed by atoms with van der Waals surface area (Å²) in [5.41, 5.74) is 0.906. The van der Waals surface area contributed by atoms with Gasteiger partial charge in [0.2, 0.25) is 5.91 Å². The molecule has 0 saturated carbocycles. The lowest BCUT2D eigenvalue weighted by atomic mass is 10.0. The maximum absolute atomic E-state index is 12.9. The average molecular weight is 462 g/mol. The first-order chi connectivity index (χ1) is 15.7. The maximum atomic E-state index is 12.9. The van der Waals surface area contributed by atoms with Gasteiger partial charge in [-0.1, -0.05) is 38.1 Å². The van der Waals surface area contributed by atoms with Gasteiger partial charge in [0, 0.05) is 37.3 Å². The zero-order valence-electron chi connectivity index (χ0n) is 18.9. The molecule has 2 N–H and O–H groups in total. The first kappa shape index (κ1) is 24.6. The highest BCUT2D eigenvalue weighted by Gasteiger charge is 2.30. The lowest BCUT2D eigenvalue weighted by molar-refractivity contribution is -0.137. The minimum Gasteiger partial charge on any atom is -0.371 e. The number of benzene rings is 2. The molecule has 5 nitrogen and oxygen atoms in total. The molecule has 33 heavy (non-hydrogen) atoms. The lowest BCUT2D eigenvalue weighted by Crippen LogP contribution is -2.46. The van der Waals surface area contributed by atoms with E-state index in [-0.39, 0.29) is 30.3 Å². The highest BCUT2D eigenvalue weighted by Crippen LogP contribution is 2.29. The summed E-state index contributed by atoms with van der Waals surface area (Å²) in [6.45, 7) is 5.30. The number of hydrogen-bond donors (Lipinski definition) is 2. The van der Waals surface area contributed by atoms with Crippen LogP contribution >= 0.6 is 0 Å². The highest BCUT2D eigenvalue weighted by molar-refractivity contribution is 5.99. The van der Waals surface area contributed by atoms with Gasteiger partial charge in [-0.15, -0.1) is 0 Å². The Morgan fingerprint density at radius 3 is 2.45 bits per heavy atom. The van der Waals surface area contributed by atoms with E-state index in [9.17, 15) is 22.8 Å². The molecule has 0 aliphatic carbocycles. The standard InChI is InChI=1S/C25H30F3N3O2/c1-3-17(2)23(32)30-20-11-13-31(14-12-20)22-10-5-4-9-21(22)24(33)29-16-18-7-6-8-19(15-18)25(26,27)28/h4-10,15,17,20H,3,11-14,16H2,1-2H3,(H,29,33)(H,30,32). The van der Waals surface area contributed by atoms with Crippen molar-refractivity contribution >= 4 is 17.5 Å². The van der Waals surface area contributed by atoms with Crippen molar-refractivity contribution in [3.63, 3.8) is 0 Å². The average Bonchev–Trinajstić information content (AvgIpc) is 2.82. The van der Waals surface area contributed by atoms with Crippen LogP contribution in [0, 0.1) is 5.92 Å². The highest BCUT2D eigenvalue weighted by atomic mass is 19.4. The minimum atomic E-state index is -4.42. The molecule has 0 spiro atoms. The first-order valence-corrected chi connectivity index (χ1v) is 11.3. The van der Waals surface area contributed by atoms with E-state index in [2.05, 4.69) is 15.5 Å². The number of halogens is 3. The number of carbonyl (C=O) groups excluding carboxylic acids is 2. The van der Waals surface area contributed by atoms with Crippen LogP contribution in [0.3, 0.4) is 0 Å². The molecule has 8 heteroatoms. The topological polar surface area (TPSA) is 61.4 Å². The number of anilines is 1. The summed E-state index contributed by atoms with van der Waals surface area (Å²) in [6, 6.07) is 12.3. The zero-order valence-corrected chi connectivity index (χ0v) is 18.9. The number of nitrogens with zero attached hydrogens (tertiary/aromatic N) is 1. The van der Waals surface area contributed by atoms with Gasteiger partial charge in [0.05, 0.1) is 11.1 Å². The Bertz CT molecular complexity index is 969. The van der Waals surface area contributed by atoms with E-state index in [1.165, 1.54) is 6.07 Å². The summed E-state index contributed by atoms with van der Waals surface area (Å²) in [4.78, 5) is 27.1. The van der Waals surface area contributed by atoms with Crippen LogP contribution in [-0.2, 0) is 17.5 Å². The molecule has 3 rings (SSSR count). The molecule has 0 aromatic heterocycles. The number of rotatable bonds is 7. The number of alkyl halides is 3. The summed E-state index contributed by atoms with van der Waals surface area (Å²) >= 11 is 0. The van der Waals surface area contributed by atoms with Crippen molar-refractivity contribution in [1.29, 1.82) is 0 Å². The number of carbonyl (C=O) groups is 2. The van der Waals surface area contributed by atoms with Crippen LogP contribution < -0.4 is 15.5 Å². The van der Waals surface area contributed by atoms with Gasteiger partial charge in [0.15, 0.2) is 0 Å². The van der Waals surface area contributed by atoms with Gasteiger partial charge in [0.25, 0.3) is 5.91 Å². The van der Waals surface area contributed by atoms with Crippen molar-refractivity contribution in [3.05, 3.63) is 65.2 Å². The molecule has 2 aromatic rings. The third-order valence-corrected chi connectivity index (χ3v) is 6.10. The van der Waals surface area contributed by atoms with Crippen molar-refractivity contribution < 1.29 is 22.8 Å². The van der Waals surface area contributed by atoms with E-state index < -0.39 is 11.7 Å². The number of nitrogens with one attached hydrogen (secondary N) is 2. The fourth-order valence-corrected chi connectivity index (χ4v) is 3.87. The maximum Gasteiger partial charge on any atom is 0.416 e. The predicted octanol–water partition coefficient (Wildman–Crippen LogP) is 4.77. The van der Waals surface area contributed by atoms with Gasteiger partial charge in [-0.3, -0.25) is 9.59 Å². The fraction of sp³-hybridized carbons (Fsp3) is 0.440. The molecule has 1 aliphatic heterocycles. The molecular formula is C25H30F3N3O2. The van der Waals surface area contributed by atoms with E-state index >= 15 is 0 Å². The zero-order chi connectivity index (χ0) is 24.0. The SMILES string of the molecule is CCC(C)C(=O)NC1CCN(c2ccccc2C(=O)NCc2cccc(C(F)(F)F)c2)CC1. The Morgan fingerprint density at radius 2 is 1.79 bits per heavy atom. The summed E-state index contributed by atoms with van der Waals surface area (Å²) in [6.07, 6.45) is -2.06. The predicted molar refractivity (Wildman–Crippen MR) is 122 cm³/mol. The van der Waals surface area contributed by atoms with Crippen LogP contribution in [0.5, 0.6) is 0 Å². The minimum absolute atomic E-state index is 0.000800. The van der Waals surface area contributed by atoms with Crippen molar-refractivity contribution in [1.82, 2.24) is 10.6 Å². The molecule has 2 amide bonds. The molecule has 1 fully saturated rings. The van der Waals surface area contributed by atoms with E-state index in [1.54, 1.807) is 18.2 Å². The summed E-state index contributed by atoms with van der Waals surface area (Å²) in [5.74, 6) is -0.273. The molecule has 1 aliphatic rings. The van der Waals surface area contributed by atoms with Crippen LogP contribution in [-0.4, -0.2) is 30.9 Å². The molecule has 1 atom stereocenters. The van der Waals surface area contributed by atoms with Gasteiger partial charge in [-0.25, -0.2) is 0 Å². The van der Waals surface area contributed by atoms with Crippen LogP contribution in [0.4, 0.5) is 18.9 Å². The third-order valence-electron chi connectivity index (χ3n) is 6.10. The number of piperidine rings is 1. The summed E-state index contributed by atoms with van der Waals surface area (Å²) in [7, 11) is 0. The van der Waals surface area contributed by atoms with Crippen molar-refractivity contribution in [2.75, 3.05) is 18.0 Å². The fourth-order valence-electron chi connectivity index (χ4n) is 3.87. The second-order valence-electron chi connectivity index (χ2n) is 8.48. The van der Waals surface area contributed by atoms with Crippen LogP contribution in [0.1, 0.15) is 54.6 Å². The van der Waals surface area contributed by atoms with E-state index in [4.69, 9.17) is 0 Å². The van der Waals surface area contributed by atoms with Gasteiger partial charge in [0.1, 0.15) is 0 Å². The van der Waals surface area contributed by atoms with Crippen molar-refractivity contribution in [3.8, 4) is 0 Å². The molecule has 1 heterocycles. The quantitative estimate of drug-likeness (QED) is 0.625. The summed E-state index contributed by atoms with van der Waals surface area (Å²) in [5, 5.41) is 5.84. The summed E-state index contributed by atoms with van der Waals surface area (Å²) < 4.78 is 38.8.